The minimum atomic E-state index is -3.22. The first-order chi connectivity index (χ1) is 9.56. The normalized spacial score (nSPS) is 28.4. The zero-order valence-corrected chi connectivity index (χ0v) is 12.7. The summed E-state index contributed by atoms with van der Waals surface area (Å²) in [6.45, 7) is 4.69. The summed E-state index contributed by atoms with van der Waals surface area (Å²) in [5.41, 5.74) is 0.869. The van der Waals surface area contributed by atoms with Crippen LogP contribution in [0.5, 0.6) is 0 Å². The third kappa shape index (κ3) is 2.75. The monoisotopic (exact) mass is 294 g/mol. The van der Waals surface area contributed by atoms with Crippen molar-refractivity contribution in [3.8, 4) is 0 Å². The van der Waals surface area contributed by atoms with Crippen molar-refractivity contribution in [3.63, 3.8) is 0 Å². The third-order valence-corrected chi connectivity index (χ3v) is 6.35. The van der Waals surface area contributed by atoms with Gasteiger partial charge in [0.15, 0.2) is 0 Å². The molecule has 2 fully saturated rings. The molecular formula is C15H22N2O2S. The number of nitrogens with zero attached hydrogens (tertiary/aromatic N) is 2. The van der Waals surface area contributed by atoms with Crippen LogP contribution in [0.2, 0.25) is 0 Å². The van der Waals surface area contributed by atoms with E-state index in [9.17, 15) is 8.42 Å². The lowest BCUT2D eigenvalue weighted by Gasteiger charge is -2.41. The summed E-state index contributed by atoms with van der Waals surface area (Å²) in [6, 6.07) is 9.97. The summed E-state index contributed by atoms with van der Waals surface area (Å²) < 4.78 is 27.1. The Bertz CT molecular complexity index is 558. The molecule has 5 heteroatoms. The largest absolute Gasteiger partial charge is 0.297 e. The summed E-state index contributed by atoms with van der Waals surface area (Å²) in [5, 5.41) is 0. The van der Waals surface area contributed by atoms with E-state index in [1.807, 2.05) is 37.3 Å². The second-order valence-corrected chi connectivity index (χ2v) is 7.87. The lowest BCUT2D eigenvalue weighted by molar-refractivity contribution is 0.117. The fraction of sp³-hybridized carbons (Fsp3) is 0.600. The first-order valence-electron chi connectivity index (χ1n) is 7.34. The highest BCUT2D eigenvalue weighted by Gasteiger charge is 2.39. The van der Waals surface area contributed by atoms with Crippen LogP contribution in [0, 0.1) is 0 Å². The number of sulfonamides is 1. The number of hydrogen-bond acceptors (Lipinski definition) is 3. The van der Waals surface area contributed by atoms with Gasteiger partial charge in [0.2, 0.25) is 10.0 Å². The maximum atomic E-state index is 12.7. The third-order valence-electron chi connectivity index (χ3n) is 4.43. The maximum absolute atomic E-state index is 12.7. The smallest absolute Gasteiger partial charge is 0.218 e. The van der Waals surface area contributed by atoms with Gasteiger partial charge in [0.25, 0.3) is 0 Å². The number of piperazine rings is 1. The van der Waals surface area contributed by atoms with Crippen LogP contribution in [-0.2, 0) is 15.8 Å². The summed E-state index contributed by atoms with van der Waals surface area (Å²) in [5.74, 6) is 0.116. The van der Waals surface area contributed by atoms with Crippen LogP contribution in [0.3, 0.4) is 0 Å². The van der Waals surface area contributed by atoms with Gasteiger partial charge in [-0.1, -0.05) is 30.3 Å². The predicted molar refractivity (Wildman–Crippen MR) is 79.8 cm³/mol. The zero-order chi connectivity index (χ0) is 14.2. The van der Waals surface area contributed by atoms with Gasteiger partial charge in [-0.15, -0.1) is 0 Å². The molecule has 2 aliphatic rings. The molecule has 0 aliphatic carbocycles. The fourth-order valence-electron chi connectivity index (χ4n) is 3.42. The van der Waals surface area contributed by atoms with E-state index in [0.717, 1.165) is 25.1 Å². The van der Waals surface area contributed by atoms with Crippen LogP contribution in [0.1, 0.15) is 25.3 Å². The van der Waals surface area contributed by atoms with Gasteiger partial charge >= 0.3 is 0 Å². The van der Waals surface area contributed by atoms with Crippen molar-refractivity contribution in [1.29, 1.82) is 0 Å². The van der Waals surface area contributed by atoms with Crippen LogP contribution >= 0.6 is 0 Å². The fourth-order valence-corrected chi connectivity index (χ4v) is 5.21. The molecule has 0 bridgehead atoms. The number of rotatable bonds is 3. The van der Waals surface area contributed by atoms with Gasteiger partial charge in [-0.25, -0.2) is 8.42 Å². The standard InChI is InChI=1S/C15H22N2O2S/c1-13-10-16-9-5-8-15(16)11-17(13)20(18,19)12-14-6-3-2-4-7-14/h2-4,6-7,13,15H,5,8-12H2,1H3. The summed E-state index contributed by atoms with van der Waals surface area (Å²) in [4.78, 5) is 2.44. The average Bonchev–Trinajstić information content (AvgIpc) is 2.85. The maximum Gasteiger partial charge on any atom is 0.218 e. The van der Waals surface area contributed by atoms with Gasteiger partial charge in [0.1, 0.15) is 0 Å². The predicted octanol–water partition coefficient (Wildman–Crippen LogP) is 1.68. The van der Waals surface area contributed by atoms with E-state index in [2.05, 4.69) is 4.90 Å². The second-order valence-electron chi connectivity index (χ2n) is 5.95. The van der Waals surface area contributed by atoms with Crippen molar-refractivity contribution in [1.82, 2.24) is 9.21 Å². The Labute approximate surface area is 121 Å². The minimum Gasteiger partial charge on any atom is -0.297 e. The van der Waals surface area contributed by atoms with E-state index in [-0.39, 0.29) is 11.8 Å². The van der Waals surface area contributed by atoms with Crippen LogP contribution < -0.4 is 0 Å². The molecular weight excluding hydrogens is 272 g/mol. The van der Waals surface area contributed by atoms with Gasteiger partial charge in [-0.2, -0.15) is 4.31 Å². The van der Waals surface area contributed by atoms with Crippen molar-refractivity contribution in [2.75, 3.05) is 19.6 Å². The van der Waals surface area contributed by atoms with Crippen molar-refractivity contribution in [2.24, 2.45) is 0 Å². The van der Waals surface area contributed by atoms with E-state index >= 15 is 0 Å². The molecule has 0 N–H and O–H groups in total. The SMILES string of the molecule is CC1CN2CCCC2CN1S(=O)(=O)Cc1ccccc1. The quantitative estimate of drug-likeness (QED) is 0.852. The summed E-state index contributed by atoms with van der Waals surface area (Å²) >= 11 is 0. The van der Waals surface area contributed by atoms with Crippen LogP contribution in [-0.4, -0.2) is 49.3 Å². The van der Waals surface area contributed by atoms with E-state index < -0.39 is 10.0 Å². The molecule has 110 valence electrons. The highest BCUT2D eigenvalue weighted by molar-refractivity contribution is 7.88. The number of fused-ring (bicyclic) bond motifs is 1. The Hall–Kier alpha value is -0.910. The highest BCUT2D eigenvalue weighted by Crippen LogP contribution is 2.27. The van der Waals surface area contributed by atoms with Gasteiger partial charge in [0, 0.05) is 25.2 Å². The Morgan fingerprint density at radius 3 is 2.70 bits per heavy atom. The lowest BCUT2D eigenvalue weighted by atomic mass is 10.1. The molecule has 0 aromatic heterocycles. The molecule has 0 amide bonds. The highest BCUT2D eigenvalue weighted by atomic mass is 32.2. The van der Waals surface area contributed by atoms with Gasteiger partial charge in [0.05, 0.1) is 5.75 Å². The zero-order valence-electron chi connectivity index (χ0n) is 11.9. The number of hydrogen-bond donors (Lipinski definition) is 0. The Morgan fingerprint density at radius 1 is 1.20 bits per heavy atom. The van der Waals surface area contributed by atoms with E-state index in [1.54, 1.807) is 4.31 Å². The Morgan fingerprint density at radius 2 is 1.95 bits per heavy atom. The van der Waals surface area contributed by atoms with Crippen molar-refractivity contribution in [2.45, 2.75) is 37.6 Å². The van der Waals surface area contributed by atoms with E-state index in [0.29, 0.717) is 12.6 Å². The molecule has 1 aromatic carbocycles. The molecule has 2 aliphatic heterocycles. The molecule has 3 rings (SSSR count). The van der Waals surface area contributed by atoms with Gasteiger partial charge in [-0.3, -0.25) is 4.90 Å². The van der Waals surface area contributed by atoms with Crippen molar-refractivity contribution in [3.05, 3.63) is 35.9 Å². The molecule has 2 heterocycles. The van der Waals surface area contributed by atoms with Gasteiger partial charge < -0.3 is 0 Å². The molecule has 0 saturated carbocycles. The van der Waals surface area contributed by atoms with E-state index in [4.69, 9.17) is 0 Å². The van der Waals surface area contributed by atoms with Crippen LogP contribution in [0.15, 0.2) is 30.3 Å². The Kier molecular flexibility index (Phi) is 3.84. The lowest BCUT2D eigenvalue weighted by Crippen LogP contribution is -2.56. The van der Waals surface area contributed by atoms with Crippen molar-refractivity contribution < 1.29 is 8.42 Å². The topological polar surface area (TPSA) is 40.6 Å². The second kappa shape index (κ2) is 5.47. The van der Waals surface area contributed by atoms with Gasteiger partial charge in [-0.05, 0) is 31.9 Å². The molecule has 2 unspecified atom stereocenters. The van der Waals surface area contributed by atoms with E-state index in [1.165, 1.54) is 6.42 Å². The molecule has 0 spiro atoms. The molecule has 2 atom stereocenters. The minimum absolute atomic E-state index is 0.0815. The first-order valence-corrected chi connectivity index (χ1v) is 8.95. The number of benzene rings is 1. The first kappa shape index (κ1) is 14.0. The summed E-state index contributed by atoms with van der Waals surface area (Å²) in [6.07, 6.45) is 2.33. The molecule has 2 saturated heterocycles. The average molecular weight is 294 g/mol. The molecule has 20 heavy (non-hydrogen) atoms. The molecule has 4 nitrogen and oxygen atoms in total. The van der Waals surface area contributed by atoms with Crippen molar-refractivity contribution >= 4 is 10.0 Å². The molecule has 0 radical (unpaired) electrons. The summed E-state index contributed by atoms with van der Waals surface area (Å²) in [7, 11) is -3.22. The van der Waals surface area contributed by atoms with Crippen LogP contribution in [0.4, 0.5) is 0 Å². The molecule has 1 aromatic rings. The Balaban J connectivity index is 1.76. The van der Waals surface area contributed by atoms with Crippen LogP contribution in [0.25, 0.3) is 0 Å².